The first-order valence-electron chi connectivity index (χ1n) is 9.42. The molecule has 3 aromatic rings. The van der Waals surface area contributed by atoms with Crippen LogP contribution in [0.1, 0.15) is 10.4 Å². The van der Waals surface area contributed by atoms with Gasteiger partial charge in [-0.25, -0.2) is 9.97 Å². The van der Waals surface area contributed by atoms with Crippen LogP contribution in [0.25, 0.3) is 10.9 Å². The highest BCUT2D eigenvalue weighted by atomic mass is 16.6. The lowest BCUT2D eigenvalue weighted by Gasteiger charge is -2.36. The van der Waals surface area contributed by atoms with E-state index in [2.05, 4.69) is 27.0 Å². The molecule has 1 aromatic heterocycles. The molecule has 2 aromatic carbocycles. The largest absolute Gasteiger partial charge is 0.486 e. The van der Waals surface area contributed by atoms with Crippen molar-refractivity contribution in [3.05, 3.63) is 54.5 Å². The monoisotopic (exact) mass is 376 g/mol. The molecule has 0 atom stereocenters. The van der Waals surface area contributed by atoms with Crippen LogP contribution in [0.4, 0.5) is 5.69 Å². The molecule has 28 heavy (non-hydrogen) atoms. The summed E-state index contributed by atoms with van der Waals surface area (Å²) in [5, 5.41) is 1.02. The van der Waals surface area contributed by atoms with Gasteiger partial charge in [0.2, 0.25) is 0 Å². The van der Waals surface area contributed by atoms with E-state index in [4.69, 9.17) is 9.47 Å². The van der Waals surface area contributed by atoms with E-state index in [1.807, 2.05) is 35.4 Å². The van der Waals surface area contributed by atoms with Gasteiger partial charge < -0.3 is 19.3 Å². The number of carbonyl (C=O) groups excluding carboxylic acids is 1. The number of amides is 1. The molecule has 5 rings (SSSR count). The van der Waals surface area contributed by atoms with Gasteiger partial charge in [0.25, 0.3) is 5.91 Å². The molecule has 0 bridgehead atoms. The number of fused-ring (bicyclic) bond motifs is 2. The van der Waals surface area contributed by atoms with Crippen molar-refractivity contribution < 1.29 is 14.3 Å². The van der Waals surface area contributed by atoms with Gasteiger partial charge in [0, 0.05) is 43.4 Å². The van der Waals surface area contributed by atoms with Gasteiger partial charge in [-0.3, -0.25) is 4.79 Å². The summed E-state index contributed by atoms with van der Waals surface area (Å²) in [6, 6.07) is 11.7. The van der Waals surface area contributed by atoms with Crippen LogP contribution in [-0.4, -0.2) is 60.2 Å². The topological polar surface area (TPSA) is 67.8 Å². The summed E-state index contributed by atoms with van der Waals surface area (Å²) in [5.41, 5.74) is 2.64. The minimum atomic E-state index is -0.00564. The second-order valence-electron chi connectivity index (χ2n) is 6.87. The van der Waals surface area contributed by atoms with Crippen LogP contribution >= 0.6 is 0 Å². The lowest BCUT2D eigenvalue weighted by atomic mass is 10.1. The average Bonchev–Trinajstić information content (AvgIpc) is 2.78. The van der Waals surface area contributed by atoms with E-state index in [-0.39, 0.29) is 5.91 Å². The molecule has 0 N–H and O–H groups in total. The Morgan fingerprint density at radius 3 is 2.75 bits per heavy atom. The van der Waals surface area contributed by atoms with Gasteiger partial charge in [-0.15, -0.1) is 0 Å². The van der Waals surface area contributed by atoms with Crippen molar-refractivity contribution >= 4 is 22.5 Å². The molecule has 7 heteroatoms. The maximum atomic E-state index is 13.0. The standard InChI is InChI=1S/C21H20N4O3/c26-21(17-2-1-3-19-20(17)28-11-10-27-19)25-8-6-24(7-9-25)16-4-5-18-15(12-16)13-22-14-23-18/h1-5,12-14H,6-11H2. The molecule has 0 saturated carbocycles. The highest BCUT2D eigenvalue weighted by molar-refractivity contribution is 5.98. The van der Waals surface area contributed by atoms with Crippen molar-refractivity contribution in [3.8, 4) is 11.5 Å². The smallest absolute Gasteiger partial charge is 0.257 e. The molecule has 2 aliphatic rings. The van der Waals surface area contributed by atoms with E-state index in [0.717, 1.165) is 29.7 Å². The molecule has 1 fully saturated rings. The zero-order valence-corrected chi connectivity index (χ0v) is 15.4. The van der Waals surface area contributed by atoms with Gasteiger partial charge in [0.1, 0.15) is 19.5 Å². The summed E-state index contributed by atoms with van der Waals surface area (Å²) < 4.78 is 11.3. The van der Waals surface area contributed by atoms with Crippen molar-refractivity contribution in [1.82, 2.24) is 14.9 Å². The average molecular weight is 376 g/mol. The van der Waals surface area contributed by atoms with Gasteiger partial charge in [0.05, 0.1) is 11.1 Å². The van der Waals surface area contributed by atoms with Gasteiger partial charge in [0.15, 0.2) is 11.5 Å². The summed E-state index contributed by atoms with van der Waals surface area (Å²) in [7, 11) is 0. The zero-order chi connectivity index (χ0) is 18.9. The molecular weight excluding hydrogens is 356 g/mol. The van der Waals surface area contributed by atoms with Crippen molar-refractivity contribution in [1.29, 1.82) is 0 Å². The number of hydrogen-bond donors (Lipinski definition) is 0. The number of piperazine rings is 1. The van der Waals surface area contributed by atoms with E-state index in [1.165, 1.54) is 0 Å². The van der Waals surface area contributed by atoms with E-state index >= 15 is 0 Å². The number of para-hydroxylation sites is 1. The van der Waals surface area contributed by atoms with Gasteiger partial charge in [-0.1, -0.05) is 6.07 Å². The van der Waals surface area contributed by atoms with Gasteiger partial charge in [-0.2, -0.15) is 0 Å². The number of nitrogens with zero attached hydrogens (tertiary/aromatic N) is 4. The number of aromatic nitrogens is 2. The highest BCUT2D eigenvalue weighted by Crippen LogP contribution is 2.34. The number of carbonyl (C=O) groups is 1. The number of anilines is 1. The molecule has 7 nitrogen and oxygen atoms in total. The van der Waals surface area contributed by atoms with Crippen LogP contribution in [0, 0.1) is 0 Å². The molecule has 2 aliphatic heterocycles. The highest BCUT2D eigenvalue weighted by Gasteiger charge is 2.27. The third-order valence-electron chi connectivity index (χ3n) is 5.22. The van der Waals surface area contributed by atoms with Crippen LogP contribution in [-0.2, 0) is 0 Å². The van der Waals surface area contributed by atoms with Crippen LogP contribution in [0.15, 0.2) is 48.9 Å². The second kappa shape index (κ2) is 6.99. The summed E-state index contributed by atoms with van der Waals surface area (Å²) >= 11 is 0. The Balaban J connectivity index is 1.31. The summed E-state index contributed by atoms with van der Waals surface area (Å²) in [5.74, 6) is 1.21. The molecule has 142 valence electrons. The number of ether oxygens (including phenoxy) is 2. The molecule has 3 heterocycles. The summed E-state index contributed by atoms with van der Waals surface area (Å²) in [6.45, 7) is 3.85. The quantitative estimate of drug-likeness (QED) is 0.684. The lowest BCUT2D eigenvalue weighted by Crippen LogP contribution is -2.48. The first-order valence-corrected chi connectivity index (χ1v) is 9.42. The van der Waals surface area contributed by atoms with E-state index in [9.17, 15) is 4.79 Å². The minimum Gasteiger partial charge on any atom is -0.486 e. The molecule has 1 saturated heterocycles. The Hall–Kier alpha value is -3.35. The van der Waals surface area contributed by atoms with Gasteiger partial charge >= 0.3 is 0 Å². The molecule has 1 amide bonds. The number of rotatable bonds is 2. The van der Waals surface area contributed by atoms with E-state index in [1.54, 1.807) is 6.33 Å². The Bertz CT molecular complexity index is 1030. The predicted molar refractivity (Wildman–Crippen MR) is 105 cm³/mol. The van der Waals surface area contributed by atoms with E-state index in [0.29, 0.717) is 43.4 Å². The SMILES string of the molecule is O=C(c1cccc2c1OCCO2)N1CCN(c2ccc3ncncc3c2)CC1. The van der Waals surface area contributed by atoms with Crippen molar-refractivity contribution in [2.45, 2.75) is 0 Å². The third kappa shape index (κ3) is 2.98. The van der Waals surface area contributed by atoms with Crippen molar-refractivity contribution in [3.63, 3.8) is 0 Å². The van der Waals surface area contributed by atoms with Crippen LogP contribution in [0.2, 0.25) is 0 Å². The summed E-state index contributed by atoms with van der Waals surface area (Å²) in [4.78, 5) is 25.6. The van der Waals surface area contributed by atoms with Gasteiger partial charge in [-0.05, 0) is 30.3 Å². The maximum absolute atomic E-state index is 13.0. The Morgan fingerprint density at radius 2 is 1.86 bits per heavy atom. The fourth-order valence-corrected chi connectivity index (χ4v) is 3.75. The Kier molecular flexibility index (Phi) is 4.20. The fraction of sp³-hybridized carbons (Fsp3) is 0.286. The van der Waals surface area contributed by atoms with Crippen LogP contribution in [0.3, 0.4) is 0 Å². The predicted octanol–water partition coefficient (Wildman–Crippen LogP) is 2.36. The number of hydrogen-bond acceptors (Lipinski definition) is 6. The molecule has 0 spiro atoms. The first kappa shape index (κ1) is 16.8. The van der Waals surface area contributed by atoms with Crippen molar-refractivity contribution in [2.75, 3.05) is 44.3 Å². The molecule has 0 unspecified atom stereocenters. The molecular formula is C21H20N4O3. The second-order valence-corrected chi connectivity index (χ2v) is 6.87. The molecule has 0 aliphatic carbocycles. The fourth-order valence-electron chi connectivity index (χ4n) is 3.75. The van der Waals surface area contributed by atoms with Crippen molar-refractivity contribution in [2.24, 2.45) is 0 Å². The minimum absolute atomic E-state index is 0.00564. The first-order chi connectivity index (χ1) is 13.8. The zero-order valence-electron chi connectivity index (χ0n) is 15.4. The lowest BCUT2D eigenvalue weighted by molar-refractivity contribution is 0.0736. The van der Waals surface area contributed by atoms with E-state index < -0.39 is 0 Å². The molecule has 0 radical (unpaired) electrons. The Morgan fingerprint density at radius 1 is 1.00 bits per heavy atom. The third-order valence-corrected chi connectivity index (χ3v) is 5.22. The Labute approximate surface area is 162 Å². The summed E-state index contributed by atoms with van der Waals surface area (Å²) in [6.07, 6.45) is 3.38. The van der Waals surface area contributed by atoms with Crippen LogP contribution < -0.4 is 14.4 Å². The van der Waals surface area contributed by atoms with Crippen LogP contribution in [0.5, 0.6) is 11.5 Å². The number of benzene rings is 2. The maximum Gasteiger partial charge on any atom is 0.257 e. The normalized spacial score (nSPS) is 16.3.